The van der Waals surface area contributed by atoms with Crippen LogP contribution in [0.25, 0.3) is 0 Å². The highest BCUT2D eigenvalue weighted by molar-refractivity contribution is 5.76. The zero-order valence-corrected chi connectivity index (χ0v) is 18.0. The summed E-state index contributed by atoms with van der Waals surface area (Å²) in [5, 5.41) is 10.6. The molecular weight excluding hydrogens is 466 g/mol. The molecule has 1 fully saturated rings. The van der Waals surface area contributed by atoms with Gasteiger partial charge < -0.3 is 9.84 Å². The van der Waals surface area contributed by atoms with E-state index in [9.17, 15) is 31.1 Å². The minimum Gasteiger partial charge on any atom is -0.386 e. The van der Waals surface area contributed by atoms with E-state index in [0.29, 0.717) is 38.1 Å². The summed E-state index contributed by atoms with van der Waals surface area (Å²) in [5.41, 5.74) is -0.0445. The van der Waals surface area contributed by atoms with Crippen LogP contribution in [0.4, 0.5) is 26.3 Å². The third-order valence-corrected chi connectivity index (χ3v) is 5.83. The van der Waals surface area contributed by atoms with Crippen molar-refractivity contribution in [2.75, 3.05) is 26.3 Å². The SMILES string of the molecule is O=C(CO)NN1CCC(COCc2cc(C(F)(F)F)cc(C(F)(F)F)c2)(c2ccccc2)CC1. The van der Waals surface area contributed by atoms with Gasteiger partial charge in [-0.1, -0.05) is 30.3 Å². The van der Waals surface area contributed by atoms with Crippen LogP contribution in [-0.2, 0) is 33.9 Å². The lowest BCUT2D eigenvalue weighted by atomic mass is 9.73. The van der Waals surface area contributed by atoms with E-state index >= 15 is 0 Å². The minimum absolute atomic E-state index is 0.0659. The fraction of sp³-hybridized carbons (Fsp3) is 0.435. The highest BCUT2D eigenvalue weighted by atomic mass is 19.4. The second-order valence-electron chi connectivity index (χ2n) is 8.23. The third kappa shape index (κ3) is 6.49. The van der Waals surface area contributed by atoms with Crippen LogP contribution < -0.4 is 5.43 Å². The smallest absolute Gasteiger partial charge is 0.386 e. The topological polar surface area (TPSA) is 61.8 Å². The number of halogens is 6. The number of hydrazine groups is 1. The molecule has 1 aliphatic rings. The molecule has 0 spiro atoms. The van der Waals surface area contributed by atoms with Crippen LogP contribution in [0.15, 0.2) is 48.5 Å². The lowest BCUT2D eigenvalue weighted by Crippen LogP contribution is -2.52. The third-order valence-electron chi connectivity index (χ3n) is 5.83. The maximum absolute atomic E-state index is 13.1. The first kappa shape index (κ1) is 26.0. The quantitative estimate of drug-likeness (QED) is 0.569. The molecule has 0 aliphatic carbocycles. The summed E-state index contributed by atoms with van der Waals surface area (Å²) in [7, 11) is 0. The van der Waals surface area contributed by atoms with Gasteiger partial charge in [0.1, 0.15) is 6.61 Å². The van der Waals surface area contributed by atoms with E-state index in [2.05, 4.69) is 5.43 Å². The molecule has 1 heterocycles. The van der Waals surface area contributed by atoms with Crippen molar-refractivity contribution in [3.63, 3.8) is 0 Å². The van der Waals surface area contributed by atoms with Crippen molar-refractivity contribution >= 4 is 5.91 Å². The molecule has 2 N–H and O–H groups in total. The number of aliphatic hydroxyl groups is 1. The van der Waals surface area contributed by atoms with Crippen LogP contribution in [0.1, 0.15) is 35.1 Å². The van der Waals surface area contributed by atoms with Crippen molar-refractivity contribution in [1.82, 2.24) is 10.4 Å². The van der Waals surface area contributed by atoms with E-state index in [4.69, 9.17) is 9.84 Å². The number of alkyl halides is 6. The second-order valence-corrected chi connectivity index (χ2v) is 8.23. The number of amides is 1. The number of carbonyl (C=O) groups excluding carboxylic acids is 1. The van der Waals surface area contributed by atoms with Gasteiger partial charge in [-0.25, -0.2) is 5.01 Å². The van der Waals surface area contributed by atoms with Gasteiger partial charge in [-0.15, -0.1) is 0 Å². The maximum atomic E-state index is 13.1. The Hall–Kier alpha value is -2.63. The summed E-state index contributed by atoms with van der Waals surface area (Å²) in [6, 6.07) is 10.7. The highest BCUT2D eigenvalue weighted by Crippen LogP contribution is 2.38. The van der Waals surface area contributed by atoms with E-state index in [1.165, 1.54) is 0 Å². The molecule has 1 saturated heterocycles. The monoisotopic (exact) mass is 490 g/mol. The van der Waals surface area contributed by atoms with E-state index in [0.717, 1.165) is 5.56 Å². The number of rotatable bonds is 7. The molecule has 0 aromatic heterocycles. The number of nitrogens with one attached hydrogen (secondary N) is 1. The molecule has 1 amide bonds. The molecule has 186 valence electrons. The largest absolute Gasteiger partial charge is 0.416 e. The first-order chi connectivity index (χ1) is 15.9. The Morgan fingerprint density at radius 1 is 0.971 bits per heavy atom. The molecule has 3 rings (SSSR count). The Bertz CT molecular complexity index is 939. The summed E-state index contributed by atoms with van der Waals surface area (Å²) in [6.45, 7) is -0.166. The summed E-state index contributed by atoms with van der Waals surface area (Å²) >= 11 is 0. The van der Waals surface area contributed by atoms with E-state index in [1.807, 2.05) is 30.3 Å². The van der Waals surface area contributed by atoms with Gasteiger partial charge in [-0.05, 0) is 42.2 Å². The molecule has 0 unspecified atom stereocenters. The molecule has 11 heteroatoms. The molecule has 1 aliphatic heterocycles. The van der Waals surface area contributed by atoms with Crippen LogP contribution in [0.2, 0.25) is 0 Å². The molecule has 34 heavy (non-hydrogen) atoms. The average molecular weight is 490 g/mol. The molecule has 0 radical (unpaired) electrons. The number of carbonyl (C=O) groups is 1. The van der Waals surface area contributed by atoms with E-state index in [1.54, 1.807) is 5.01 Å². The lowest BCUT2D eigenvalue weighted by molar-refractivity contribution is -0.143. The Morgan fingerprint density at radius 2 is 1.53 bits per heavy atom. The molecule has 5 nitrogen and oxygen atoms in total. The van der Waals surface area contributed by atoms with Crippen LogP contribution in [0, 0.1) is 0 Å². The van der Waals surface area contributed by atoms with Gasteiger partial charge in [0.05, 0.1) is 24.3 Å². The standard InChI is InChI=1S/C23H24F6N2O3/c24-22(25,26)18-10-16(11-19(12-18)23(27,28)29)14-34-15-21(17-4-2-1-3-5-17)6-8-31(9-7-21)30-20(33)13-32/h1-5,10-12,32H,6-9,13-15H2,(H,30,33). The van der Waals surface area contributed by atoms with E-state index < -0.39 is 48.0 Å². The van der Waals surface area contributed by atoms with Crippen LogP contribution in [0.3, 0.4) is 0 Å². The highest BCUT2D eigenvalue weighted by Gasteiger charge is 2.38. The Balaban J connectivity index is 1.76. The molecule has 2 aromatic carbocycles. The van der Waals surface area contributed by atoms with Crippen molar-refractivity contribution in [3.05, 3.63) is 70.8 Å². The summed E-state index contributed by atoms with van der Waals surface area (Å²) < 4.78 is 84.5. The van der Waals surface area contributed by atoms with Gasteiger partial charge in [0, 0.05) is 18.5 Å². The van der Waals surface area contributed by atoms with Gasteiger partial charge >= 0.3 is 12.4 Å². The molecule has 2 aromatic rings. The van der Waals surface area contributed by atoms with Crippen LogP contribution >= 0.6 is 0 Å². The van der Waals surface area contributed by atoms with Crippen LogP contribution in [0.5, 0.6) is 0 Å². The second kappa shape index (κ2) is 10.3. The van der Waals surface area contributed by atoms with Gasteiger partial charge in [0.25, 0.3) is 5.91 Å². The number of hydrogen-bond acceptors (Lipinski definition) is 4. The first-order valence-corrected chi connectivity index (χ1v) is 10.5. The minimum atomic E-state index is -4.92. The van der Waals surface area contributed by atoms with Crippen molar-refractivity contribution in [2.45, 2.75) is 37.2 Å². The fourth-order valence-electron chi connectivity index (χ4n) is 4.03. The van der Waals surface area contributed by atoms with Gasteiger partial charge in [-0.2, -0.15) is 26.3 Å². The summed E-state index contributed by atoms with van der Waals surface area (Å²) in [5.74, 6) is -0.548. The normalized spacial score (nSPS) is 16.9. The van der Waals surface area contributed by atoms with Crippen molar-refractivity contribution in [2.24, 2.45) is 0 Å². The number of aliphatic hydroxyl groups excluding tert-OH is 1. The van der Waals surface area contributed by atoms with Gasteiger partial charge in [0.15, 0.2) is 0 Å². The zero-order valence-electron chi connectivity index (χ0n) is 18.0. The first-order valence-electron chi connectivity index (χ1n) is 10.5. The number of hydrogen-bond donors (Lipinski definition) is 2. The Morgan fingerprint density at radius 3 is 2.03 bits per heavy atom. The predicted molar refractivity (Wildman–Crippen MR) is 110 cm³/mol. The number of nitrogens with zero attached hydrogens (tertiary/aromatic N) is 1. The van der Waals surface area contributed by atoms with Crippen molar-refractivity contribution in [3.8, 4) is 0 Å². The molecule has 0 atom stereocenters. The summed E-state index contributed by atoms with van der Waals surface area (Å²) in [6.07, 6.45) is -8.82. The zero-order chi connectivity index (χ0) is 25.0. The number of piperidine rings is 1. The Kier molecular flexibility index (Phi) is 7.89. The average Bonchev–Trinajstić information content (AvgIpc) is 2.79. The van der Waals surface area contributed by atoms with Gasteiger partial charge in [0.2, 0.25) is 0 Å². The fourth-order valence-corrected chi connectivity index (χ4v) is 4.03. The van der Waals surface area contributed by atoms with E-state index in [-0.39, 0.29) is 18.2 Å². The van der Waals surface area contributed by atoms with Crippen LogP contribution in [-0.4, -0.2) is 42.3 Å². The van der Waals surface area contributed by atoms with Crippen molar-refractivity contribution in [1.29, 1.82) is 0 Å². The number of benzene rings is 2. The number of ether oxygens (including phenoxy) is 1. The summed E-state index contributed by atoms with van der Waals surface area (Å²) in [4.78, 5) is 11.4. The molecular formula is C23H24F6N2O3. The predicted octanol–water partition coefficient (Wildman–Crippen LogP) is 4.30. The van der Waals surface area contributed by atoms with Crippen molar-refractivity contribution < 1.29 is 41.0 Å². The Labute approximate surface area is 192 Å². The molecule has 0 saturated carbocycles. The molecule has 0 bridgehead atoms. The maximum Gasteiger partial charge on any atom is 0.416 e. The lowest BCUT2D eigenvalue weighted by Gasteiger charge is -2.42. The van der Waals surface area contributed by atoms with Gasteiger partial charge in [-0.3, -0.25) is 10.2 Å².